The van der Waals surface area contributed by atoms with Crippen molar-refractivity contribution in [2.45, 2.75) is 51.6 Å². The molecule has 2 amide bonds. The Hall–Kier alpha value is -2.29. The van der Waals surface area contributed by atoms with Crippen molar-refractivity contribution >= 4 is 6.03 Å². The van der Waals surface area contributed by atoms with Crippen LogP contribution in [0.1, 0.15) is 43.4 Å². The van der Waals surface area contributed by atoms with Crippen LogP contribution >= 0.6 is 0 Å². The van der Waals surface area contributed by atoms with Gasteiger partial charge in [-0.05, 0) is 44.7 Å². The number of carbonyl (C=O) groups is 1. The summed E-state index contributed by atoms with van der Waals surface area (Å²) in [6.45, 7) is 7.59. The fraction of sp³-hybridized carbons (Fsp3) is 0.409. The van der Waals surface area contributed by atoms with E-state index in [0.717, 1.165) is 18.4 Å². The monoisotopic (exact) mass is 336 g/mol. The van der Waals surface area contributed by atoms with Crippen molar-refractivity contribution in [3.63, 3.8) is 0 Å². The fourth-order valence-corrected chi connectivity index (χ4v) is 3.24. The van der Waals surface area contributed by atoms with Gasteiger partial charge in [0.1, 0.15) is 0 Å². The summed E-state index contributed by atoms with van der Waals surface area (Å²) in [5.41, 5.74) is 3.92. The third kappa shape index (κ3) is 4.22. The van der Waals surface area contributed by atoms with Crippen molar-refractivity contribution in [2.24, 2.45) is 0 Å². The molecule has 3 rings (SSSR count). The van der Waals surface area contributed by atoms with Gasteiger partial charge in [-0.15, -0.1) is 0 Å². The molecule has 0 heterocycles. The number of benzene rings is 2. The van der Waals surface area contributed by atoms with E-state index in [1.165, 1.54) is 11.1 Å². The van der Waals surface area contributed by atoms with Gasteiger partial charge in [0.05, 0.1) is 0 Å². The SMILES string of the molecule is Cc1ccc(C2(CNC(=O)N(Cc3ccccc3)C(C)C)CC2)cc1. The second-order valence-corrected chi connectivity index (χ2v) is 7.51. The maximum atomic E-state index is 12.8. The van der Waals surface area contributed by atoms with Gasteiger partial charge in [0.15, 0.2) is 0 Å². The number of amides is 2. The summed E-state index contributed by atoms with van der Waals surface area (Å²) >= 11 is 0. The first kappa shape index (κ1) is 17.5. The lowest BCUT2D eigenvalue weighted by Gasteiger charge is -2.28. The highest BCUT2D eigenvalue weighted by molar-refractivity contribution is 5.74. The van der Waals surface area contributed by atoms with Crippen LogP contribution in [-0.2, 0) is 12.0 Å². The van der Waals surface area contributed by atoms with Crippen LogP contribution in [0.25, 0.3) is 0 Å². The smallest absolute Gasteiger partial charge is 0.317 e. The van der Waals surface area contributed by atoms with Crippen LogP contribution in [0.4, 0.5) is 4.79 Å². The quantitative estimate of drug-likeness (QED) is 0.818. The van der Waals surface area contributed by atoms with Crippen LogP contribution < -0.4 is 5.32 Å². The number of rotatable bonds is 6. The van der Waals surface area contributed by atoms with Gasteiger partial charge in [-0.25, -0.2) is 4.79 Å². The molecule has 1 saturated carbocycles. The molecule has 3 heteroatoms. The van der Waals surface area contributed by atoms with E-state index in [0.29, 0.717) is 13.1 Å². The van der Waals surface area contributed by atoms with Crippen LogP contribution in [0.3, 0.4) is 0 Å². The van der Waals surface area contributed by atoms with Crippen molar-refractivity contribution < 1.29 is 4.79 Å². The maximum absolute atomic E-state index is 12.8. The van der Waals surface area contributed by atoms with Gasteiger partial charge in [0, 0.05) is 24.5 Å². The molecule has 0 saturated heterocycles. The minimum atomic E-state index is 0.0252. The van der Waals surface area contributed by atoms with Crippen molar-refractivity contribution in [3.8, 4) is 0 Å². The lowest BCUT2D eigenvalue weighted by molar-refractivity contribution is 0.179. The minimum Gasteiger partial charge on any atom is -0.337 e. The molecule has 0 aromatic heterocycles. The predicted octanol–water partition coefficient (Wildman–Crippen LogP) is 4.65. The summed E-state index contributed by atoms with van der Waals surface area (Å²) in [4.78, 5) is 14.7. The Morgan fingerprint density at radius 3 is 2.28 bits per heavy atom. The molecule has 25 heavy (non-hydrogen) atoms. The number of hydrogen-bond acceptors (Lipinski definition) is 1. The van der Waals surface area contributed by atoms with Crippen LogP contribution in [0.2, 0.25) is 0 Å². The Morgan fingerprint density at radius 2 is 1.72 bits per heavy atom. The highest BCUT2D eigenvalue weighted by atomic mass is 16.2. The van der Waals surface area contributed by atoms with Gasteiger partial charge in [-0.3, -0.25) is 0 Å². The van der Waals surface area contributed by atoms with Crippen LogP contribution in [0.5, 0.6) is 0 Å². The summed E-state index contributed by atoms with van der Waals surface area (Å²) in [6, 6.07) is 19.1. The molecule has 0 unspecified atom stereocenters. The first-order chi connectivity index (χ1) is 12.0. The zero-order valence-electron chi connectivity index (χ0n) is 15.5. The lowest BCUT2D eigenvalue weighted by Crippen LogP contribution is -2.45. The minimum absolute atomic E-state index is 0.0252. The third-order valence-corrected chi connectivity index (χ3v) is 5.18. The number of carbonyl (C=O) groups excluding carboxylic acids is 1. The summed E-state index contributed by atoms with van der Waals surface area (Å²) in [6.07, 6.45) is 2.30. The lowest BCUT2D eigenvalue weighted by atomic mass is 9.95. The van der Waals surface area contributed by atoms with Crippen molar-refractivity contribution in [3.05, 3.63) is 71.3 Å². The Morgan fingerprint density at radius 1 is 1.08 bits per heavy atom. The second kappa shape index (κ2) is 7.30. The second-order valence-electron chi connectivity index (χ2n) is 7.51. The zero-order chi connectivity index (χ0) is 17.9. The number of urea groups is 1. The van der Waals surface area contributed by atoms with E-state index in [9.17, 15) is 4.79 Å². The van der Waals surface area contributed by atoms with E-state index in [2.05, 4.69) is 62.5 Å². The van der Waals surface area contributed by atoms with Crippen LogP contribution in [0, 0.1) is 6.92 Å². The highest BCUT2D eigenvalue weighted by Crippen LogP contribution is 2.47. The van der Waals surface area contributed by atoms with E-state index < -0.39 is 0 Å². The van der Waals surface area contributed by atoms with Crippen LogP contribution in [0.15, 0.2) is 54.6 Å². The van der Waals surface area contributed by atoms with Gasteiger partial charge < -0.3 is 10.2 Å². The number of hydrogen-bond donors (Lipinski definition) is 1. The van der Waals surface area contributed by atoms with Crippen molar-refractivity contribution in [1.82, 2.24) is 10.2 Å². The van der Waals surface area contributed by atoms with E-state index in [4.69, 9.17) is 0 Å². The van der Waals surface area contributed by atoms with E-state index >= 15 is 0 Å². The Kier molecular flexibility index (Phi) is 5.12. The molecule has 2 aromatic carbocycles. The average Bonchev–Trinajstić information content (AvgIpc) is 3.40. The summed E-state index contributed by atoms with van der Waals surface area (Å²) < 4.78 is 0. The summed E-state index contributed by atoms with van der Waals surface area (Å²) in [5.74, 6) is 0. The molecule has 1 fully saturated rings. The topological polar surface area (TPSA) is 32.3 Å². The molecule has 0 aliphatic heterocycles. The van der Waals surface area contributed by atoms with E-state index in [1.807, 2.05) is 23.1 Å². The molecule has 1 aliphatic carbocycles. The van der Waals surface area contributed by atoms with Gasteiger partial charge in [-0.1, -0.05) is 60.2 Å². The van der Waals surface area contributed by atoms with Gasteiger partial charge in [-0.2, -0.15) is 0 Å². The molecule has 0 spiro atoms. The third-order valence-electron chi connectivity index (χ3n) is 5.18. The number of aryl methyl sites for hydroxylation is 1. The molecular formula is C22H28N2O. The van der Waals surface area contributed by atoms with Gasteiger partial charge in [0.2, 0.25) is 0 Å². The predicted molar refractivity (Wildman–Crippen MR) is 103 cm³/mol. The molecule has 0 radical (unpaired) electrons. The maximum Gasteiger partial charge on any atom is 0.317 e. The largest absolute Gasteiger partial charge is 0.337 e. The molecule has 0 atom stereocenters. The average molecular weight is 336 g/mol. The fourth-order valence-electron chi connectivity index (χ4n) is 3.24. The number of nitrogens with zero attached hydrogens (tertiary/aromatic N) is 1. The summed E-state index contributed by atoms with van der Waals surface area (Å²) in [7, 11) is 0. The normalized spacial score (nSPS) is 15.0. The highest BCUT2D eigenvalue weighted by Gasteiger charge is 2.44. The Bertz CT molecular complexity index is 703. The molecule has 2 aromatic rings. The Labute approximate surface area is 151 Å². The number of nitrogens with one attached hydrogen (secondary N) is 1. The Balaban J connectivity index is 1.63. The van der Waals surface area contributed by atoms with Gasteiger partial charge in [0.25, 0.3) is 0 Å². The standard InChI is InChI=1S/C22H28N2O/c1-17(2)24(15-19-7-5-4-6-8-19)21(25)23-16-22(13-14-22)20-11-9-18(3)10-12-20/h4-12,17H,13-16H2,1-3H3,(H,23,25). The first-order valence-electron chi connectivity index (χ1n) is 9.16. The molecule has 1 N–H and O–H groups in total. The zero-order valence-corrected chi connectivity index (χ0v) is 15.5. The molecule has 3 nitrogen and oxygen atoms in total. The van der Waals surface area contributed by atoms with Crippen molar-refractivity contribution in [1.29, 1.82) is 0 Å². The molecule has 0 bridgehead atoms. The first-order valence-corrected chi connectivity index (χ1v) is 9.16. The molecule has 1 aliphatic rings. The summed E-state index contributed by atoms with van der Waals surface area (Å²) in [5, 5.41) is 3.19. The van der Waals surface area contributed by atoms with Gasteiger partial charge >= 0.3 is 6.03 Å². The molecular weight excluding hydrogens is 308 g/mol. The van der Waals surface area contributed by atoms with Crippen LogP contribution in [-0.4, -0.2) is 23.5 Å². The van der Waals surface area contributed by atoms with Crippen molar-refractivity contribution in [2.75, 3.05) is 6.54 Å². The molecule has 132 valence electrons. The van der Waals surface area contributed by atoms with E-state index in [-0.39, 0.29) is 17.5 Å². The van der Waals surface area contributed by atoms with E-state index in [1.54, 1.807) is 0 Å².